The van der Waals surface area contributed by atoms with Gasteiger partial charge in [-0.3, -0.25) is 9.69 Å². The number of carbonyl (C=O) groups is 1. The van der Waals surface area contributed by atoms with Gasteiger partial charge < -0.3 is 19.2 Å². The molecule has 1 N–H and O–H groups in total. The molecule has 3 heterocycles. The summed E-state index contributed by atoms with van der Waals surface area (Å²) in [5.74, 6) is 0.862. The lowest BCUT2D eigenvalue weighted by atomic mass is 10.2. The molecule has 0 radical (unpaired) electrons. The van der Waals surface area contributed by atoms with E-state index in [1.165, 1.54) is 0 Å². The molecule has 2 aliphatic rings. The molecular weight excluding hydrogens is 296 g/mol. The van der Waals surface area contributed by atoms with E-state index in [-0.39, 0.29) is 18.1 Å². The number of furan rings is 1. The Morgan fingerprint density at radius 2 is 2.35 bits per heavy atom. The smallest absolute Gasteiger partial charge is 0.237 e. The van der Waals surface area contributed by atoms with Gasteiger partial charge in [-0.1, -0.05) is 0 Å². The molecule has 6 nitrogen and oxygen atoms in total. The number of hydrogen-bond donors (Lipinski definition) is 1. The van der Waals surface area contributed by atoms with E-state index < -0.39 is 0 Å². The molecule has 23 heavy (non-hydrogen) atoms. The molecule has 2 fully saturated rings. The maximum atomic E-state index is 12.3. The highest BCUT2D eigenvalue weighted by Gasteiger charge is 2.30. The summed E-state index contributed by atoms with van der Waals surface area (Å²) in [6.07, 6.45) is 6.09. The second kappa shape index (κ2) is 8.47. The first-order valence-corrected chi connectivity index (χ1v) is 8.56. The molecule has 0 aromatic carbocycles. The van der Waals surface area contributed by atoms with Crippen LogP contribution in [0.2, 0.25) is 0 Å². The van der Waals surface area contributed by atoms with Crippen LogP contribution in [-0.4, -0.2) is 55.9 Å². The molecular formula is C17H26N2O4. The average Bonchev–Trinajstić information content (AvgIpc) is 3.32. The molecule has 2 atom stereocenters. The third-order valence-corrected chi connectivity index (χ3v) is 4.53. The van der Waals surface area contributed by atoms with Crippen molar-refractivity contribution in [2.75, 3.05) is 32.9 Å². The average molecular weight is 322 g/mol. The van der Waals surface area contributed by atoms with E-state index in [1.807, 2.05) is 12.1 Å². The fourth-order valence-corrected chi connectivity index (χ4v) is 3.27. The van der Waals surface area contributed by atoms with Gasteiger partial charge in [0.05, 0.1) is 38.2 Å². The van der Waals surface area contributed by atoms with Crippen LogP contribution in [0.1, 0.15) is 31.4 Å². The number of nitrogens with one attached hydrogen (secondary N) is 1. The van der Waals surface area contributed by atoms with Gasteiger partial charge in [0.1, 0.15) is 5.76 Å². The van der Waals surface area contributed by atoms with Gasteiger partial charge in [-0.25, -0.2) is 0 Å². The largest absolute Gasteiger partial charge is 0.467 e. The summed E-state index contributed by atoms with van der Waals surface area (Å²) in [6, 6.07) is 3.65. The number of amides is 1. The van der Waals surface area contributed by atoms with Crippen molar-refractivity contribution in [1.29, 1.82) is 0 Å². The fourth-order valence-electron chi connectivity index (χ4n) is 3.27. The Balaban J connectivity index is 1.35. The first kappa shape index (κ1) is 16.5. The topological polar surface area (TPSA) is 63.9 Å². The first-order valence-electron chi connectivity index (χ1n) is 8.56. The second-order valence-corrected chi connectivity index (χ2v) is 6.20. The van der Waals surface area contributed by atoms with E-state index in [9.17, 15) is 4.79 Å². The molecule has 1 aromatic rings. The van der Waals surface area contributed by atoms with Crippen LogP contribution in [0.3, 0.4) is 0 Å². The van der Waals surface area contributed by atoms with Gasteiger partial charge in [-0.05, 0) is 44.4 Å². The highest BCUT2D eigenvalue weighted by molar-refractivity contribution is 5.81. The Labute approximate surface area is 137 Å². The van der Waals surface area contributed by atoms with Gasteiger partial charge in [0.25, 0.3) is 0 Å². The van der Waals surface area contributed by atoms with E-state index in [1.54, 1.807) is 6.26 Å². The molecule has 1 amide bonds. The van der Waals surface area contributed by atoms with E-state index in [0.717, 1.165) is 51.1 Å². The Bertz CT molecular complexity index is 471. The van der Waals surface area contributed by atoms with Crippen molar-refractivity contribution >= 4 is 5.91 Å². The van der Waals surface area contributed by atoms with Crippen LogP contribution in [0.5, 0.6) is 0 Å². The molecule has 0 saturated carbocycles. The molecule has 2 aliphatic heterocycles. The highest BCUT2D eigenvalue weighted by Crippen LogP contribution is 2.17. The summed E-state index contributed by atoms with van der Waals surface area (Å²) in [5.41, 5.74) is 0. The standard InChI is InChI=1S/C17H26N2O4/c20-17(18-12-14-4-2-9-22-14)16-6-1-7-19(16)8-11-21-13-15-5-3-10-23-15/h2,4,9,15-16H,1,3,5-8,10-13H2,(H,18,20). The molecule has 0 bridgehead atoms. The zero-order valence-corrected chi connectivity index (χ0v) is 13.5. The van der Waals surface area contributed by atoms with E-state index in [4.69, 9.17) is 13.9 Å². The van der Waals surface area contributed by atoms with Crippen molar-refractivity contribution < 1.29 is 18.7 Å². The van der Waals surface area contributed by atoms with Gasteiger partial charge in [-0.15, -0.1) is 0 Å². The van der Waals surface area contributed by atoms with Crippen LogP contribution in [0.4, 0.5) is 0 Å². The highest BCUT2D eigenvalue weighted by atomic mass is 16.5. The van der Waals surface area contributed by atoms with Crippen molar-refractivity contribution in [3.63, 3.8) is 0 Å². The van der Waals surface area contributed by atoms with Crippen LogP contribution < -0.4 is 5.32 Å². The van der Waals surface area contributed by atoms with Crippen LogP contribution in [-0.2, 0) is 20.8 Å². The van der Waals surface area contributed by atoms with Crippen LogP contribution >= 0.6 is 0 Å². The van der Waals surface area contributed by atoms with Crippen molar-refractivity contribution in [1.82, 2.24) is 10.2 Å². The van der Waals surface area contributed by atoms with Crippen LogP contribution in [0, 0.1) is 0 Å². The third kappa shape index (κ3) is 4.80. The quantitative estimate of drug-likeness (QED) is 0.736. The SMILES string of the molecule is O=C(NCc1ccco1)C1CCCN1CCOCC1CCCO1. The summed E-state index contributed by atoms with van der Waals surface area (Å²) in [4.78, 5) is 14.6. The number of carbonyl (C=O) groups excluding carboxylic acids is 1. The Kier molecular flexibility index (Phi) is 6.07. The summed E-state index contributed by atoms with van der Waals surface area (Å²) in [5, 5.41) is 2.96. The molecule has 2 unspecified atom stereocenters. The van der Waals surface area contributed by atoms with Crippen molar-refractivity contribution in [3.8, 4) is 0 Å². The van der Waals surface area contributed by atoms with Gasteiger partial charge in [0.15, 0.2) is 0 Å². The van der Waals surface area contributed by atoms with Gasteiger partial charge in [-0.2, -0.15) is 0 Å². The lowest BCUT2D eigenvalue weighted by molar-refractivity contribution is -0.126. The Morgan fingerprint density at radius 1 is 1.39 bits per heavy atom. The predicted octanol–water partition coefficient (Wildman–Crippen LogP) is 1.56. The summed E-state index contributed by atoms with van der Waals surface area (Å²) in [7, 11) is 0. The van der Waals surface area contributed by atoms with Gasteiger partial charge in [0.2, 0.25) is 5.91 Å². The number of hydrogen-bond acceptors (Lipinski definition) is 5. The third-order valence-electron chi connectivity index (χ3n) is 4.53. The van der Waals surface area contributed by atoms with Crippen LogP contribution in [0.25, 0.3) is 0 Å². The first-order chi connectivity index (χ1) is 11.3. The maximum absolute atomic E-state index is 12.3. The van der Waals surface area contributed by atoms with Crippen molar-refractivity contribution in [2.45, 2.75) is 44.4 Å². The lowest BCUT2D eigenvalue weighted by Crippen LogP contribution is -2.44. The minimum absolute atomic E-state index is 0.0451. The van der Waals surface area contributed by atoms with Crippen molar-refractivity contribution in [3.05, 3.63) is 24.2 Å². The van der Waals surface area contributed by atoms with E-state index >= 15 is 0 Å². The molecule has 2 saturated heterocycles. The zero-order chi connectivity index (χ0) is 15.9. The Hall–Kier alpha value is -1.37. The second-order valence-electron chi connectivity index (χ2n) is 6.20. The molecule has 128 valence electrons. The predicted molar refractivity (Wildman–Crippen MR) is 84.9 cm³/mol. The van der Waals surface area contributed by atoms with Crippen LogP contribution in [0.15, 0.2) is 22.8 Å². The van der Waals surface area contributed by atoms with E-state index in [0.29, 0.717) is 19.8 Å². The Morgan fingerprint density at radius 3 is 3.13 bits per heavy atom. The number of likely N-dealkylation sites (tertiary alicyclic amines) is 1. The minimum Gasteiger partial charge on any atom is -0.467 e. The summed E-state index contributed by atoms with van der Waals surface area (Å²) in [6.45, 7) is 4.39. The normalized spacial score (nSPS) is 25.0. The molecule has 3 rings (SSSR count). The lowest BCUT2D eigenvalue weighted by Gasteiger charge is -2.23. The number of rotatable bonds is 8. The zero-order valence-electron chi connectivity index (χ0n) is 13.5. The summed E-state index contributed by atoms with van der Waals surface area (Å²) >= 11 is 0. The maximum Gasteiger partial charge on any atom is 0.237 e. The molecule has 6 heteroatoms. The van der Waals surface area contributed by atoms with Gasteiger partial charge in [0, 0.05) is 13.2 Å². The minimum atomic E-state index is -0.0451. The molecule has 0 aliphatic carbocycles. The van der Waals surface area contributed by atoms with Crippen molar-refractivity contribution in [2.24, 2.45) is 0 Å². The fraction of sp³-hybridized carbons (Fsp3) is 0.706. The van der Waals surface area contributed by atoms with Gasteiger partial charge >= 0.3 is 0 Å². The van der Waals surface area contributed by atoms with E-state index in [2.05, 4.69) is 10.2 Å². The molecule has 1 aromatic heterocycles. The summed E-state index contributed by atoms with van der Waals surface area (Å²) < 4.78 is 16.5. The number of ether oxygens (including phenoxy) is 2. The monoisotopic (exact) mass is 322 g/mol. The number of nitrogens with zero attached hydrogens (tertiary/aromatic N) is 1. The molecule has 0 spiro atoms.